The summed E-state index contributed by atoms with van der Waals surface area (Å²) < 4.78 is 15.3. The van der Waals surface area contributed by atoms with E-state index in [2.05, 4.69) is 6.92 Å². The van der Waals surface area contributed by atoms with Crippen molar-refractivity contribution in [3.8, 4) is 0 Å². The first kappa shape index (κ1) is 14.4. The van der Waals surface area contributed by atoms with Gasteiger partial charge >= 0.3 is 5.97 Å². The van der Waals surface area contributed by atoms with Crippen LogP contribution < -0.4 is 0 Å². The summed E-state index contributed by atoms with van der Waals surface area (Å²) in [6.45, 7) is 7.69. The molecule has 0 fully saturated rings. The van der Waals surface area contributed by atoms with E-state index in [0.717, 1.165) is 19.4 Å². The Morgan fingerprint density at radius 1 is 1.20 bits per heavy atom. The summed E-state index contributed by atoms with van der Waals surface area (Å²) in [5, 5.41) is 0. The van der Waals surface area contributed by atoms with E-state index in [1.807, 2.05) is 0 Å². The number of carbonyl (C=O) groups is 1. The van der Waals surface area contributed by atoms with E-state index >= 15 is 0 Å². The summed E-state index contributed by atoms with van der Waals surface area (Å²) in [5.74, 6) is -0.314. The molecule has 0 radical (unpaired) electrons. The van der Waals surface area contributed by atoms with Crippen LogP contribution >= 0.6 is 0 Å². The standard InChI is InChI=1S/C11H22O4/c1-4-6-7-13-8-9-15-10(3)11(12)14-5-2/h10H,4-9H2,1-3H3. The molecule has 0 saturated carbocycles. The van der Waals surface area contributed by atoms with Gasteiger partial charge in [0, 0.05) is 6.61 Å². The van der Waals surface area contributed by atoms with Crippen LogP contribution in [0.4, 0.5) is 0 Å². The maximum atomic E-state index is 11.1. The van der Waals surface area contributed by atoms with Crippen LogP contribution in [0.5, 0.6) is 0 Å². The number of unbranched alkanes of at least 4 members (excludes halogenated alkanes) is 1. The lowest BCUT2D eigenvalue weighted by Gasteiger charge is -2.11. The van der Waals surface area contributed by atoms with Crippen molar-refractivity contribution < 1.29 is 19.0 Å². The Kier molecular flexibility index (Phi) is 9.52. The van der Waals surface area contributed by atoms with E-state index in [0.29, 0.717) is 19.8 Å². The Morgan fingerprint density at radius 3 is 2.53 bits per heavy atom. The topological polar surface area (TPSA) is 44.8 Å². The summed E-state index contributed by atoms with van der Waals surface area (Å²) in [6, 6.07) is 0. The maximum Gasteiger partial charge on any atom is 0.334 e. The third-order valence-electron chi connectivity index (χ3n) is 1.86. The maximum absolute atomic E-state index is 11.1. The van der Waals surface area contributed by atoms with Crippen LogP contribution in [0.15, 0.2) is 0 Å². The summed E-state index contributed by atoms with van der Waals surface area (Å²) in [5.41, 5.74) is 0. The first-order chi connectivity index (χ1) is 7.22. The van der Waals surface area contributed by atoms with Crippen molar-refractivity contribution in [1.82, 2.24) is 0 Å². The minimum atomic E-state index is -0.500. The minimum Gasteiger partial charge on any atom is -0.464 e. The van der Waals surface area contributed by atoms with Crippen LogP contribution in [0.25, 0.3) is 0 Å². The molecule has 0 aliphatic rings. The lowest BCUT2D eigenvalue weighted by Crippen LogP contribution is -2.25. The first-order valence-corrected chi connectivity index (χ1v) is 5.58. The monoisotopic (exact) mass is 218 g/mol. The third kappa shape index (κ3) is 8.39. The molecule has 0 amide bonds. The summed E-state index contributed by atoms with van der Waals surface area (Å²) in [4.78, 5) is 11.1. The molecule has 0 N–H and O–H groups in total. The van der Waals surface area contributed by atoms with E-state index in [1.165, 1.54) is 0 Å². The fraction of sp³-hybridized carbons (Fsp3) is 0.909. The number of hydrogen-bond acceptors (Lipinski definition) is 4. The van der Waals surface area contributed by atoms with Crippen molar-refractivity contribution in [2.75, 3.05) is 26.4 Å². The highest BCUT2D eigenvalue weighted by Crippen LogP contribution is 1.95. The zero-order chi connectivity index (χ0) is 11.5. The largest absolute Gasteiger partial charge is 0.464 e. The molecule has 1 atom stereocenters. The van der Waals surface area contributed by atoms with Crippen molar-refractivity contribution in [1.29, 1.82) is 0 Å². The SMILES string of the molecule is CCCCOCCOC(C)C(=O)OCC. The van der Waals surface area contributed by atoms with Crippen LogP contribution in [-0.4, -0.2) is 38.5 Å². The average molecular weight is 218 g/mol. The Labute approximate surface area is 91.9 Å². The highest BCUT2D eigenvalue weighted by molar-refractivity contribution is 5.74. The number of carbonyl (C=O) groups excluding carboxylic acids is 1. The van der Waals surface area contributed by atoms with Crippen molar-refractivity contribution in [2.45, 2.75) is 39.7 Å². The number of rotatable bonds is 9. The smallest absolute Gasteiger partial charge is 0.334 e. The van der Waals surface area contributed by atoms with Gasteiger partial charge < -0.3 is 14.2 Å². The van der Waals surface area contributed by atoms with Gasteiger partial charge in [0.2, 0.25) is 0 Å². The van der Waals surface area contributed by atoms with Gasteiger partial charge in [-0.3, -0.25) is 0 Å². The van der Waals surface area contributed by atoms with Gasteiger partial charge in [0.15, 0.2) is 6.10 Å². The van der Waals surface area contributed by atoms with Gasteiger partial charge in [-0.15, -0.1) is 0 Å². The third-order valence-corrected chi connectivity index (χ3v) is 1.86. The molecule has 90 valence electrons. The van der Waals surface area contributed by atoms with Crippen LogP contribution in [0, 0.1) is 0 Å². The van der Waals surface area contributed by atoms with E-state index in [-0.39, 0.29) is 5.97 Å². The second kappa shape index (κ2) is 9.93. The van der Waals surface area contributed by atoms with E-state index < -0.39 is 6.10 Å². The van der Waals surface area contributed by atoms with Gasteiger partial charge in [0.25, 0.3) is 0 Å². The van der Waals surface area contributed by atoms with Crippen LogP contribution in [0.3, 0.4) is 0 Å². The quantitative estimate of drug-likeness (QED) is 0.437. The van der Waals surface area contributed by atoms with Gasteiger partial charge in [0.05, 0.1) is 19.8 Å². The Bertz CT molecular complexity index is 159. The summed E-state index contributed by atoms with van der Waals surface area (Å²) in [7, 11) is 0. The molecule has 0 aliphatic carbocycles. The molecule has 0 heterocycles. The Hall–Kier alpha value is -0.610. The lowest BCUT2D eigenvalue weighted by atomic mass is 10.4. The van der Waals surface area contributed by atoms with Crippen molar-refractivity contribution in [3.05, 3.63) is 0 Å². The zero-order valence-electron chi connectivity index (χ0n) is 9.95. The summed E-state index contributed by atoms with van der Waals surface area (Å²) >= 11 is 0. The molecule has 4 heteroatoms. The zero-order valence-corrected chi connectivity index (χ0v) is 9.95. The van der Waals surface area contributed by atoms with Crippen molar-refractivity contribution >= 4 is 5.97 Å². The molecule has 0 aromatic rings. The second-order valence-electron chi connectivity index (χ2n) is 3.23. The summed E-state index contributed by atoms with van der Waals surface area (Å²) in [6.07, 6.45) is 1.69. The Balaban J connectivity index is 3.30. The molecule has 4 nitrogen and oxygen atoms in total. The fourth-order valence-electron chi connectivity index (χ4n) is 0.960. The van der Waals surface area contributed by atoms with Gasteiger partial charge in [-0.1, -0.05) is 13.3 Å². The van der Waals surface area contributed by atoms with Crippen LogP contribution in [0.1, 0.15) is 33.6 Å². The fourth-order valence-corrected chi connectivity index (χ4v) is 0.960. The molecular weight excluding hydrogens is 196 g/mol. The molecule has 15 heavy (non-hydrogen) atoms. The number of esters is 1. The van der Waals surface area contributed by atoms with Gasteiger partial charge in [0.1, 0.15) is 0 Å². The van der Waals surface area contributed by atoms with Crippen molar-refractivity contribution in [2.24, 2.45) is 0 Å². The Morgan fingerprint density at radius 2 is 1.93 bits per heavy atom. The molecule has 0 spiro atoms. The predicted molar refractivity (Wildman–Crippen MR) is 57.8 cm³/mol. The molecule has 0 rings (SSSR count). The van der Waals surface area contributed by atoms with Gasteiger partial charge in [-0.2, -0.15) is 0 Å². The van der Waals surface area contributed by atoms with Crippen LogP contribution in [-0.2, 0) is 19.0 Å². The average Bonchev–Trinajstić information content (AvgIpc) is 2.23. The highest BCUT2D eigenvalue weighted by atomic mass is 16.6. The first-order valence-electron chi connectivity index (χ1n) is 5.58. The van der Waals surface area contributed by atoms with Gasteiger partial charge in [-0.05, 0) is 20.3 Å². The molecule has 0 aromatic carbocycles. The second-order valence-corrected chi connectivity index (χ2v) is 3.23. The van der Waals surface area contributed by atoms with E-state index in [1.54, 1.807) is 13.8 Å². The van der Waals surface area contributed by atoms with Crippen molar-refractivity contribution in [3.63, 3.8) is 0 Å². The highest BCUT2D eigenvalue weighted by Gasteiger charge is 2.13. The lowest BCUT2D eigenvalue weighted by molar-refractivity contribution is -0.156. The van der Waals surface area contributed by atoms with Gasteiger partial charge in [-0.25, -0.2) is 4.79 Å². The molecule has 0 aromatic heterocycles. The molecule has 0 aliphatic heterocycles. The molecule has 0 bridgehead atoms. The number of hydrogen-bond donors (Lipinski definition) is 0. The molecule has 1 unspecified atom stereocenters. The normalized spacial score (nSPS) is 12.5. The van der Waals surface area contributed by atoms with E-state index in [9.17, 15) is 4.79 Å². The minimum absolute atomic E-state index is 0.314. The number of ether oxygens (including phenoxy) is 3. The van der Waals surface area contributed by atoms with Crippen LogP contribution in [0.2, 0.25) is 0 Å². The predicted octanol–water partition coefficient (Wildman–Crippen LogP) is 1.77. The molecular formula is C11H22O4. The van der Waals surface area contributed by atoms with E-state index in [4.69, 9.17) is 14.2 Å². The molecule has 0 saturated heterocycles.